The summed E-state index contributed by atoms with van der Waals surface area (Å²) in [6.45, 7) is 1.75. The van der Waals surface area contributed by atoms with E-state index in [-0.39, 0.29) is 22.1 Å². The number of methoxy groups -OCH3 is 1. The van der Waals surface area contributed by atoms with Crippen molar-refractivity contribution >= 4 is 23.2 Å². The van der Waals surface area contributed by atoms with E-state index < -0.39 is 23.8 Å². The van der Waals surface area contributed by atoms with Crippen molar-refractivity contribution < 1.29 is 22.7 Å². The predicted molar refractivity (Wildman–Crippen MR) is 117 cm³/mol. The monoisotopic (exact) mass is 474 g/mol. The van der Waals surface area contributed by atoms with Crippen LogP contribution in [0.1, 0.15) is 34.7 Å². The highest BCUT2D eigenvalue weighted by Crippen LogP contribution is 2.35. The fraction of sp³-hybridized carbons (Fsp3) is 0.174. The Morgan fingerprint density at radius 2 is 1.79 bits per heavy atom. The molecule has 0 spiro atoms. The summed E-state index contributed by atoms with van der Waals surface area (Å²) in [6, 6.07) is 15.9. The zero-order chi connectivity index (χ0) is 23.8. The molecule has 10 heteroatoms. The number of benzene rings is 2. The number of carbonyl (C=O) groups excluding carboxylic acids is 1. The summed E-state index contributed by atoms with van der Waals surface area (Å²) >= 11 is 6.32. The molecule has 0 bridgehead atoms. The largest absolute Gasteiger partial charge is 0.497 e. The maximum atomic E-state index is 13.9. The number of ether oxygens (including phenoxy) is 1. The van der Waals surface area contributed by atoms with E-state index in [9.17, 15) is 18.0 Å². The van der Waals surface area contributed by atoms with Gasteiger partial charge in [0.05, 0.1) is 18.8 Å². The first-order valence-electron chi connectivity index (χ1n) is 9.85. The molecule has 0 unspecified atom stereocenters. The maximum absolute atomic E-state index is 13.9. The van der Waals surface area contributed by atoms with Crippen LogP contribution in [0, 0.1) is 0 Å². The Morgan fingerprint density at radius 1 is 1.12 bits per heavy atom. The van der Waals surface area contributed by atoms with Gasteiger partial charge in [0.25, 0.3) is 5.91 Å². The van der Waals surface area contributed by atoms with Gasteiger partial charge in [-0.25, -0.2) is 9.50 Å². The lowest BCUT2D eigenvalue weighted by molar-refractivity contribution is -0.142. The van der Waals surface area contributed by atoms with E-state index in [0.717, 1.165) is 11.6 Å². The first-order valence-corrected chi connectivity index (χ1v) is 10.2. The average Bonchev–Trinajstić information content (AvgIpc) is 3.15. The fourth-order valence-corrected chi connectivity index (χ4v) is 3.58. The molecule has 2 heterocycles. The van der Waals surface area contributed by atoms with Crippen LogP contribution in [0.25, 0.3) is 16.9 Å². The van der Waals surface area contributed by atoms with E-state index in [1.165, 1.54) is 7.11 Å². The molecular weight excluding hydrogens is 457 g/mol. The first-order chi connectivity index (χ1) is 15.7. The highest BCUT2D eigenvalue weighted by atomic mass is 35.5. The summed E-state index contributed by atoms with van der Waals surface area (Å²) in [5, 5.41) is 6.30. The van der Waals surface area contributed by atoms with Gasteiger partial charge in [0, 0.05) is 5.56 Å². The van der Waals surface area contributed by atoms with E-state index in [0.29, 0.717) is 15.8 Å². The number of rotatable bonds is 5. The molecule has 0 aliphatic heterocycles. The molecule has 4 aromatic rings. The van der Waals surface area contributed by atoms with E-state index in [2.05, 4.69) is 15.4 Å². The first kappa shape index (κ1) is 22.6. The molecule has 1 amide bonds. The number of carbonyl (C=O) groups is 1. The predicted octanol–water partition coefficient (Wildman–Crippen LogP) is 5.57. The minimum atomic E-state index is -4.76. The number of hydrogen-bond donors (Lipinski definition) is 1. The Hall–Kier alpha value is -3.59. The molecule has 0 aliphatic carbocycles. The summed E-state index contributed by atoms with van der Waals surface area (Å²) in [5.41, 5.74) is -0.440. The Bertz CT molecular complexity index is 1310. The number of fused-ring (bicyclic) bond motifs is 1. The summed E-state index contributed by atoms with van der Waals surface area (Å²) in [5.74, 6) is -0.161. The van der Waals surface area contributed by atoms with Gasteiger partial charge in [-0.3, -0.25) is 4.79 Å². The molecule has 170 valence electrons. The number of alkyl halides is 3. The molecule has 0 saturated heterocycles. The second kappa shape index (κ2) is 8.74. The maximum Gasteiger partial charge on any atom is 0.433 e. The topological polar surface area (TPSA) is 68.5 Å². The van der Waals surface area contributed by atoms with Gasteiger partial charge in [-0.1, -0.05) is 41.9 Å². The van der Waals surface area contributed by atoms with Gasteiger partial charge in [-0.05, 0) is 42.8 Å². The van der Waals surface area contributed by atoms with Crippen LogP contribution >= 0.6 is 11.6 Å². The van der Waals surface area contributed by atoms with Gasteiger partial charge >= 0.3 is 6.18 Å². The highest BCUT2D eigenvalue weighted by molar-refractivity contribution is 6.36. The lowest BCUT2D eigenvalue weighted by Gasteiger charge is -2.13. The van der Waals surface area contributed by atoms with Crippen LogP contribution in [0.3, 0.4) is 0 Å². The minimum Gasteiger partial charge on any atom is -0.497 e. The van der Waals surface area contributed by atoms with Gasteiger partial charge in [-0.15, -0.1) is 0 Å². The number of nitrogens with zero attached hydrogens (tertiary/aromatic N) is 3. The Labute approximate surface area is 192 Å². The molecule has 1 atom stereocenters. The van der Waals surface area contributed by atoms with Crippen LogP contribution in [0.15, 0.2) is 60.7 Å². The van der Waals surface area contributed by atoms with Crippen LogP contribution in [0.5, 0.6) is 5.75 Å². The number of halogens is 4. The van der Waals surface area contributed by atoms with E-state index in [1.807, 2.05) is 30.3 Å². The second-order valence-corrected chi connectivity index (χ2v) is 7.63. The van der Waals surface area contributed by atoms with Gasteiger partial charge in [-0.2, -0.15) is 18.3 Å². The van der Waals surface area contributed by atoms with Crippen molar-refractivity contribution in [3.8, 4) is 17.0 Å². The van der Waals surface area contributed by atoms with Crippen molar-refractivity contribution in [3.63, 3.8) is 0 Å². The third-order valence-electron chi connectivity index (χ3n) is 5.07. The van der Waals surface area contributed by atoms with Crippen LogP contribution < -0.4 is 10.1 Å². The summed E-state index contributed by atoms with van der Waals surface area (Å²) in [4.78, 5) is 17.1. The van der Waals surface area contributed by atoms with Crippen molar-refractivity contribution in [1.82, 2.24) is 19.9 Å². The minimum absolute atomic E-state index is 0.0314. The van der Waals surface area contributed by atoms with Crippen molar-refractivity contribution in [1.29, 1.82) is 0 Å². The smallest absolute Gasteiger partial charge is 0.433 e. The Balaban J connectivity index is 1.78. The van der Waals surface area contributed by atoms with Crippen LogP contribution in [0.4, 0.5) is 13.2 Å². The molecule has 1 N–H and O–H groups in total. The van der Waals surface area contributed by atoms with Crippen molar-refractivity contribution in [2.24, 2.45) is 0 Å². The number of aromatic nitrogens is 3. The average molecular weight is 475 g/mol. The van der Waals surface area contributed by atoms with Gasteiger partial charge in [0.2, 0.25) is 0 Å². The van der Waals surface area contributed by atoms with E-state index in [1.54, 1.807) is 31.2 Å². The third-order valence-corrected chi connectivity index (χ3v) is 5.42. The Morgan fingerprint density at radius 3 is 2.39 bits per heavy atom. The zero-order valence-electron chi connectivity index (χ0n) is 17.5. The lowest BCUT2D eigenvalue weighted by Crippen LogP contribution is -2.27. The second-order valence-electron chi connectivity index (χ2n) is 7.26. The van der Waals surface area contributed by atoms with E-state index >= 15 is 0 Å². The standard InChI is InChI=1S/C23H18ClF3N4O2/c1-13(14-6-4-3-5-7-14)28-22(32)20-19(24)21-29-17(15-8-10-16(33-2)11-9-15)12-18(23(25,26)27)31(21)30-20/h3-13H,1-2H3,(H,28,32)/t13-/m1/s1. The third kappa shape index (κ3) is 4.49. The molecule has 0 aliphatic rings. The normalized spacial score (nSPS) is 12.5. The molecule has 2 aromatic carbocycles. The number of amides is 1. The molecule has 2 aromatic heterocycles. The molecule has 33 heavy (non-hydrogen) atoms. The molecule has 6 nitrogen and oxygen atoms in total. The molecule has 0 fully saturated rings. The molecule has 0 radical (unpaired) electrons. The summed E-state index contributed by atoms with van der Waals surface area (Å²) in [6.07, 6.45) is -4.76. The number of nitrogens with one attached hydrogen (secondary N) is 1. The SMILES string of the molecule is COc1ccc(-c2cc(C(F)(F)F)n3nc(C(=O)N[C@H](C)c4ccccc4)c(Cl)c3n2)cc1. The Kier molecular flexibility index (Phi) is 5.99. The van der Waals surface area contributed by atoms with Crippen LogP contribution in [-0.4, -0.2) is 27.6 Å². The van der Waals surface area contributed by atoms with Crippen LogP contribution in [0.2, 0.25) is 5.02 Å². The zero-order valence-corrected chi connectivity index (χ0v) is 18.3. The fourth-order valence-electron chi connectivity index (χ4n) is 3.34. The van der Waals surface area contributed by atoms with Crippen molar-refractivity contribution in [2.75, 3.05) is 7.11 Å². The quantitative estimate of drug-likeness (QED) is 0.410. The van der Waals surface area contributed by atoms with Gasteiger partial charge < -0.3 is 10.1 Å². The lowest BCUT2D eigenvalue weighted by atomic mass is 10.1. The highest BCUT2D eigenvalue weighted by Gasteiger charge is 2.36. The number of hydrogen-bond acceptors (Lipinski definition) is 4. The van der Waals surface area contributed by atoms with Crippen molar-refractivity contribution in [2.45, 2.75) is 19.1 Å². The van der Waals surface area contributed by atoms with Crippen LogP contribution in [-0.2, 0) is 6.18 Å². The van der Waals surface area contributed by atoms with E-state index in [4.69, 9.17) is 16.3 Å². The molecule has 4 rings (SSSR count). The summed E-state index contributed by atoms with van der Waals surface area (Å²) in [7, 11) is 1.48. The van der Waals surface area contributed by atoms with Crippen molar-refractivity contribution in [3.05, 3.63) is 82.6 Å². The summed E-state index contributed by atoms with van der Waals surface area (Å²) < 4.78 is 47.2. The van der Waals surface area contributed by atoms with Gasteiger partial charge in [0.15, 0.2) is 17.0 Å². The van der Waals surface area contributed by atoms with Gasteiger partial charge in [0.1, 0.15) is 10.8 Å². The molecule has 0 saturated carbocycles. The molecular formula is C23H18ClF3N4O2.